The Hall–Kier alpha value is -6.92. The quantitative estimate of drug-likeness (QED) is 0.0920. The Kier molecular flexibility index (Phi) is 12.5. The van der Waals surface area contributed by atoms with E-state index in [-0.39, 0.29) is 0 Å². The second-order valence-electron chi connectivity index (χ2n) is 16.0. The van der Waals surface area contributed by atoms with Crippen molar-refractivity contribution >= 4 is 138 Å². The van der Waals surface area contributed by atoms with E-state index in [1.54, 1.807) is 45.3 Å². The highest BCUT2D eigenvalue weighted by Crippen LogP contribution is 2.44. The molecule has 0 fully saturated rings. The van der Waals surface area contributed by atoms with Gasteiger partial charge in [0.05, 0.1) is 11.1 Å². The Morgan fingerprint density at radius 2 is 0.557 bits per heavy atom. The van der Waals surface area contributed by atoms with Crippen LogP contribution in [0.4, 0.5) is 26.3 Å². The molecule has 0 aliphatic heterocycles. The zero-order valence-corrected chi connectivity index (χ0v) is 41.2. The predicted octanol–water partition coefficient (Wildman–Crippen LogP) is 20.2. The summed E-state index contributed by atoms with van der Waals surface area (Å²) in [6.07, 6.45) is -4.40. The zero-order chi connectivity index (χ0) is 48.9. The van der Waals surface area contributed by atoms with Gasteiger partial charge in [-0.25, -0.2) is 0 Å². The summed E-state index contributed by atoms with van der Waals surface area (Å²) < 4.78 is 87.3. The molecule has 0 nitrogen and oxygen atoms in total. The minimum atomic E-state index is -4.37. The molecule has 4 heterocycles. The Balaban J connectivity index is 0.00000138. The van der Waals surface area contributed by atoms with E-state index in [2.05, 4.69) is 121 Å². The van der Waals surface area contributed by atoms with Gasteiger partial charge in [-0.1, -0.05) is 99.9 Å². The molecule has 0 N–H and O–H groups in total. The van der Waals surface area contributed by atoms with Crippen molar-refractivity contribution in [2.75, 3.05) is 0 Å². The molecular weight excluding hydrogens is 963 g/mol. The minimum absolute atomic E-state index is 0.531. The van der Waals surface area contributed by atoms with Gasteiger partial charge in [0.2, 0.25) is 0 Å². The first-order chi connectivity index (χ1) is 33.9. The smallest absolute Gasteiger partial charge is 0.166 e. The average molecular weight is 1000 g/mol. The maximum atomic E-state index is 13.0. The van der Waals surface area contributed by atoms with Gasteiger partial charge in [0.15, 0.2) is 0 Å². The normalized spacial score (nSPS) is 11.9. The van der Waals surface area contributed by atoms with Crippen molar-refractivity contribution in [3.63, 3.8) is 0 Å². The molecule has 10 heteroatoms. The molecule has 0 aliphatic rings. The molecular formula is C60H38F6S4. The van der Waals surface area contributed by atoms with Gasteiger partial charge in [0.1, 0.15) is 0 Å². The fraction of sp³-hybridized carbons (Fsp3) is 0.100. The maximum Gasteiger partial charge on any atom is 0.416 e. The van der Waals surface area contributed by atoms with E-state index in [9.17, 15) is 26.3 Å². The second kappa shape index (κ2) is 18.8. The molecule has 0 saturated carbocycles. The van der Waals surface area contributed by atoms with Crippen molar-refractivity contribution < 1.29 is 26.3 Å². The molecule has 4 aromatic heterocycles. The molecule has 12 aromatic rings. The summed E-state index contributed by atoms with van der Waals surface area (Å²) in [5.74, 6) is 12.2. The number of rotatable bonds is 2. The molecule has 0 atom stereocenters. The summed E-state index contributed by atoms with van der Waals surface area (Å²) in [5, 5.41) is 9.60. The number of benzene rings is 8. The van der Waals surface area contributed by atoms with E-state index in [0.717, 1.165) is 66.7 Å². The van der Waals surface area contributed by atoms with Crippen molar-refractivity contribution in [2.24, 2.45) is 0 Å². The minimum Gasteiger partial charge on any atom is -0.166 e. The standard InChI is InChI=1S/C56H26F6S4.2C2H6/c57-55(58,59)37-15-7-31(8-16-37)1-3-33-11-19-39-43-27-53-45(29-51(43)63-47(39)23-33)41-21-13-35(25-49(41)65-53)5-6-36-14-22-42-46-30-52-44(28-54(46)66-50(42)26-36)40-20-12-34(24-48(40)64-52)4-2-32-9-17-38(18-10-32)56(60,61)62;2*1-2/h5-30H;2*1-2H3/b6-5+;;. The first kappa shape index (κ1) is 46.8. The van der Waals surface area contributed by atoms with Crippen LogP contribution in [0, 0.1) is 23.7 Å². The number of hydrogen-bond acceptors (Lipinski definition) is 4. The van der Waals surface area contributed by atoms with Gasteiger partial charge in [-0.2, -0.15) is 26.3 Å². The van der Waals surface area contributed by atoms with Gasteiger partial charge in [-0.05, 0) is 120 Å². The number of hydrogen-bond donors (Lipinski definition) is 0. The van der Waals surface area contributed by atoms with Crippen LogP contribution in [-0.4, -0.2) is 0 Å². The van der Waals surface area contributed by atoms with Gasteiger partial charge in [-0.3, -0.25) is 0 Å². The van der Waals surface area contributed by atoms with Crippen LogP contribution in [0.2, 0.25) is 0 Å². The number of alkyl halides is 6. The molecule has 0 amide bonds. The average Bonchev–Trinajstić information content (AvgIpc) is 4.12. The summed E-state index contributed by atoms with van der Waals surface area (Å²) in [6, 6.07) is 44.5. The highest BCUT2D eigenvalue weighted by molar-refractivity contribution is 7.28. The molecule has 344 valence electrons. The van der Waals surface area contributed by atoms with Crippen LogP contribution in [0.25, 0.3) is 92.8 Å². The van der Waals surface area contributed by atoms with Crippen LogP contribution in [0.5, 0.6) is 0 Å². The van der Waals surface area contributed by atoms with E-state index in [1.165, 1.54) is 84.8 Å². The number of thiophene rings is 4. The lowest BCUT2D eigenvalue weighted by molar-refractivity contribution is -0.138. The summed E-state index contributed by atoms with van der Waals surface area (Å²) >= 11 is 7.02. The van der Waals surface area contributed by atoms with Crippen molar-refractivity contribution in [2.45, 2.75) is 40.0 Å². The second-order valence-corrected chi connectivity index (χ2v) is 20.3. The Bertz CT molecular complexity index is 3860. The summed E-state index contributed by atoms with van der Waals surface area (Å²) in [7, 11) is 0. The lowest BCUT2D eigenvalue weighted by Gasteiger charge is -2.05. The van der Waals surface area contributed by atoms with Crippen molar-refractivity contribution in [3.8, 4) is 23.7 Å². The molecule has 0 saturated heterocycles. The summed E-state index contributed by atoms with van der Waals surface area (Å²) in [5.41, 5.74) is 3.57. The topological polar surface area (TPSA) is 0 Å². The zero-order valence-electron chi connectivity index (χ0n) is 37.9. The fourth-order valence-electron chi connectivity index (χ4n) is 8.45. The number of halogens is 6. The fourth-order valence-corrected chi connectivity index (χ4v) is 13.1. The summed E-state index contributed by atoms with van der Waals surface area (Å²) in [4.78, 5) is 0. The monoisotopic (exact) mass is 1000 g/mol. The molecule has 0 radical (unpaired) electrons. The van der Waals surface area contributed by atoms with Gasteiger partial charge < -0.3 is 0 Å². The van der Waals surface area contributed by atoms with Gasteiger partial charge in [0.25, 0.3) is 0 Å². The molecule has 8 aromatic carbocycles. The lowest BCUT2D eigenvalue weighted by atomic mass is 10.1. The molecule has 0 unspecified atom stereocenters. The van der Waals surface area contributed by atoms with E-state index in [4.69, 9.17) is 0 Å². The van der Waals surface area contributed by atoms with Gasteiger partial charge in [0, 0.05) is 103 Å². The van der Waals surface area contributed by atoms with Gasteiger partial charge >= 0.3 is 12.4 Å². The maximum absolute atomic E-state index is 13.0. The highest BCUT2D eigenvalue weighted by Gasteiger charge is 2.30. The molecule has 0 spiro atoms. The first-order valence-electron chi connectivity index (χ1n) is 22.6. The van der Waals surface area contributed by atoms with E-state index in [1.807, 2.05) is 39.8 Å². The van der Waals surface area contributed by atoms with Crippen LogP contribution in [0.3, 0.4) is 0 Å². The van der Waals surface area contributed by atoms with Crippen molar-refractivity contribution in [1.29, 1.82) is 0 Å². The molecule has 12 rings (SSSR count). The Morgan fingerprint density at radius 1 is 0.300 bits per heavy atom. The Labute approximate surface area is 415 Å². The van der Waals surface area contributed by atoms with E-state index in [0.29, 0.717) is 11.1 Å². The molecule has 0 aliphatic carbocycles. The largest absolute Gasteiger partial charge is 0.416 e. The first-order valence-corrected chi connectivity index (χ1v) is 25.8. The lowest BCUT2D eigenvalue weighted by Crippen LogP contribution is -2.04. The molecule has 70 heavy (non-hydrogen) atoms. The summed E-state index contributed by atoms with van der Waals surface area (Å²) in [6.45, 7) is 8.00. The highest BCUT2D eigenvalue weighted by atomic mass is 32.1. The SMILES string of the molecule is CC.CC.FC(F)(F)c1ccc(C#Cc2ccc3c(c2)sc2cc4c(cc23)sc2cc(/C=C/c3ccc5c(c3)sc3cc6c(cc35)sc3cc(C#Cc5ccc(C(F)(F)F)cc5)ccc36)ccc24)cc1. The third-order valence-corrected chi connectivity index (χ3v) is 16.2. The predicted molar refractivity (Wildman–Crippen MR) is 291 cm³/mol. The van der Waals surface area contributed by atoms with E-state index < -0.39 is 23.5 Å². The van der Waals surface area contributed by atoms with Crippen LogP contribution in [0.1, 0.15) is 72.2 Å². The van der Waals surface area contributed by atoms with Gasteiger partial charge in [-0.15, -0.1) is 45.3 Å². The number of fused-ring (bicyclic) bond motifs is 12. The third-order valence-electron chi connectivity index (χ3n) is 11.8. The third kappa shape index (κ3) is 9.05. The van der Waals surface area contributed by atoms with Crippen LogP contribution < -0.4 is 0 Å². The van der Waals surface area contributed by atoms with E-state index >= 15 is 0 Å². The molecule has 0 bridgehead atoms. The van der Waals surface area contributed by atoms with Crippen molar-refractivity contribution in [3.05, 3.63) is 190 Å². The van der Waals surface area contributed by atoms with Crippen molar-refractivity contribution in [1.82, 2.24) is 0 Å². The van der Waals surface area contributed by atoms with Crippen LogP contribution >= 0.6 is 45.3 Å². The van der Waals surface area contributed by atoms with Crippen LogP contribution in [-0.2, 0) is 12.4 Å². The van der Waals surface area contributed by atoms with Crippen LogP contribution in [0.15, 0.2) is 146 Å². The Morgan fingerprint density at radius 3 is 0.871 bits per heavy atom.